The van der Waals surface area contributed by atoms with Crippen molar-refractivity contribution < 1.29 is 5.21 Å². The number of hydrogen-bond donors (Lipinski definition) is 1. The van der Waals surface area contributed by atoms with Crippen LogP contribution in [0.5, 0.6) is 0 Å². The SMILES string of the molecule is CCn1c2c(c3cc(C(C)=NO)ccc31)C(C)(C)C1=Cc3ccccc3C(CC)(CC)C1=C2. The van der Waals surface area contributed by atoms with Gasteiger partial charge < -0.3 is 9.77 Å². The van der Waals surface area contributed by atoms with Gasteiger partial charge in [0.2, 0.25) is 0 Å². The van der Waals surface area contributed by atoms with E-state index < -0.39 is 0 Å². The zero-order valence-corrected chi connectivity index (χ0v) is 20.7. The molecular weight excluding hydrogens is 404 g/mol. The Morgan fingerprint density at radius 3 is 2.36 bits per heavy atom. The molecule has 0 atom stereocenters. The molecule has 2 aliphatic rings. The summed E-state index contributed by atoms with van der Waals surface area (Å²) in [5.74, 6) is 0. The minimum Gasteiger partial charge on any atom is -0.411 e. The van der Waals surface area contributed by atoms with E-state index in [2.05, 4.69) is 99.0 Å². The third kappa shape index (κ3) is 2.78. The number of rotatable bonds is 4. The van der Waals surface area contributed by atoms with Crippen LogP contribution in [0, 0.1) is 0 Å². The standard InChI is InChI=1S/C30H34N2O/c1-7-30(8-2)23-13-11-10-12-21(23)17-24-25(30)18-27-28(29(24,5)6)22-16-20(19(4)31-33)14-15-26(22)32(27)9-3/h10-18,33H,7-9H2,1-6H3. The van der Waals surface area contributed by atoms with Gasteiger partial charge in [0.05, 0.1) is 5.71 Å². The van der Waals surface area contributed by atoms with Gasteiger partial charge in [0.15, 0.2) is 0 Å². The minimum atomic E-state index is -0.149. The van der Waals surface area contributed by atoms with Gasteiger partial charge in [-0.15, -0.1) is 0 Å². The maximum absolute atomic E-state index is 9.38. The molecule has 170 valence electrons. The zero-order valence-electron chi connectivity index (χ0n) is 20.7. The highest BCUT2D eigenvalue weighted by Gasteiger charge is 2.47. The lowest BCUT2D eigenvalue weighted by molar-refractivity contribution is 0.319. The number of fused-ring (bicyclic) bond motifs is 5. The third-order valence-electron chi connectivity index (χ3n) is 8.36. The highest BCUT2D eigenvalue weighted by molar-refractivity contribution is 6.03. The normalized spacial score (nSPS) is 18.3. The lowest BCUT2D eigenvalue weighted by Crippen LogP contribution is -2.38. The first-order valence-corrected chi connectivity index (χ1v) is 12.2. The fraction of sp³-hybridized carbons (Fsp3) is 0.367. The van der Waals surface area contributed by atoms with Gasteiger partial charge in [-0.1, -0.05) is 69.3 Å². The fourth-order valence-electron chi connectivity index (χ4n) is 6.52. The van der Waals surface area contributed by atoms with Crippen LogP contribution in [0.2, 0.25) is 0 Å². The van der Waals surface area contributed by atoms with E-state index in [9.17, 15) is 5.21 Å². The maximum atomic E-state index is 9.38. The monoisotopic (exact) mass is 438 g/mol. The lowest BCUT2D eigenvalue weighted by Gasteiger charge is -2.47. The Morgan fingerprint density at radius 1 is 0.970 bits per heavy atom. The molecule has 5 rings (SSSR count). The first kappa shape index (κ1) is 21.8. The van der Waals surface area contributed by atoms with Crippen LogP contribution >= 0.6 is 0 Å². The molecular formula is C30H34N2O. The van der Waals surface area contributed by atoms with E-state index in [1.54, 1.807) is 0 Å². The first-order valence-electron chi connectivity index (χ1n) is 12.2. The summed E-state index contributed by atoms with van der Waals surface area (Å²) in [6.07, 6.45) is 7.09. The molecule has 2 aliphatic carbocycles. The molecule has 3 aromatic rings. The summed E-state index contributed by atoms with van der Waals surface area (Å²) in [4.78, 5) is 0. The molecule has 3 nitrogen and oxygen atoms in total. The van der Waals surface area contributed by atoms with Crippen molar-refractivity contribution in [3.8, 4) is 0 Å². The number of benzene rings is 2. The first-order chi connectivity index (χ1) is 15.8. The van der Waals surface area contributed by atoms with Gasteiger partial charge >= 0.3 is 0 Å². The predicted octanol–water partition coefficient (Wildman–Crippen LogP) is 7.69. The van der Waals surface area contributed by atoms with Crippen molar-refractivity contribution in [2.45, 2.75) is 71.8 Å². The largest absolute Gasteiger partial charge is 0.411 e. The van der Waals surface area contributed by atoms with Gasteiger partial charge in [-0.3, -0.25) is 0 Å². The van der Waals surface area contributed by atoms with Crippen molar-refractivity contribution in [1.29, 1.82) is 0 Å². The fourth-order valence-corrected chi connectivity index (χ4v) is 6.52. The second-order valence-corrected chi connectivity index (χ2v) is 10.0. The van der Waals surface area contributed by atoms with Crippen molar-refractivity contribution in [3.05, 3.63) is 81.6 Å². The lowest BCUT2D eigenvalue weighted by atomic mass is 9.56. The molecule has 0 saturated carbocycles. The second kappa shape index (κ2) is 7.48. The molecule has 0 spiro atoms. The highest BCUT2D eigenvalue weighted by Crippen LogP contribution is 2.57. The molecule has 0 amide bonds. The Balaban J connectivity index is 1.91. The molecule has 0 aliphatic heterocycles. The topological polar surface area (TPSA) is 37.5 Å². The van der Waals surface area contributed by atoms with Crippen LogP contribution in [0.15, 0.2) is 58.8 Å². The average Bonchev–Trinajstić information content (AvgIpc) is 3.16. The van der Waals surface area contributed by atoms with Crippen molar-refractivity contribution in [2.24, 2.45) is 5.16 Å². The van der Waals surface area contributed by atoms with Gasteiger partial charge in [-0.25, -0.2) is 0 Å². The smallest absolute Gasteiger partial charge is 0.0837 e. The Morgan fingerprint density at radius 2 is 1.70 bits per heavy atom. The quantitative estimate of drug-likeness (QED) is 0.253. The summed E-state index contributed by atoms with van der Waals surface area (Å²) >= 11 is 0. The van der Waals surface area contributed by atoms with Crippen molar-refractivity contribution >= 4 is 28.8 Å². The van der Waals surface area contributed by atoms with Crippen molar-refractivity contribution in [3.63, 3.8) is 0 Å². The molecule has 0 bridgehead atoms. The highest BCUT2D eigenvalue weighted by atomic mass is 16.4. The summed E-state index contributed by atoms with van der Waals surface area (Å²) < 4.78 is 2.46. The van der Waals surface area contributed by atoms with E-state index in [4.69, 9.17) is 0 Å². The number of aryl methyl sites for hydroxylation is 1. The molecule has 0 radical (unpaired) electrons. The van der Waals surface area contributed by atoms with E-state index in [0.717, 1.165) is 24.9 Å². The zero-order chi connectivity index (χ0) is 23.5. The summed E-state index contributed by atoms with van der Waals surface area (Å²) in [6.45, 7) is 14.4. The predicted molar refractivity (Wildman–Crippen MR) is 139 cm³/mol. The molecule has 1 aromatic heterocycles. The van der Waals surface area contributed by atoms with Gasteiger partial charge in [-0.05, 0) is 78.3 Å². The molecule has 0 unspecified atom stereocenters. The summed E-state index contributed by atoms with van der Waals surface area (Å²) in [7, 11) is 0. The Kier molecular flexibility index (Phi) is 4.93. The van der Waals surface area contributed by atoms with Gasteiger partial charge in [-0.2, -0.15) is 0 Å². The number of oxime groups is 1. The number of allylic oxidation sites excluding steroid dienone is 2. The summed E-state index contributed by atoms with van der Waals surface area (Å²) in [5, 5.41) is 14.1. The molecule has 0 fully saturated rings. The molecule has 0 saturated heterocycles. The Labute approximate surface area is 197 Å². The number of hydrogen-bond acceptors (Lipinski definition) is 2. The van der Waals surface area contributed by atoms with E-state index in [1.807, 2.05) is 6.92 Å². The molecule has 1 N–H and O–H groups in total. The summed E-state index contributed by atoms with van der Waals surface area (Å²) in [6, 6.07) is 15.4. The van der Waals surface area contributed by atoms with Crippen LogP contribution in [0.1, 0.15) is 82.3 Å². The number of nitrogens with zero attached hydrogens (tertiary/aromatic N) is 2. The Bertz CT molecular complexity index is 1360. The maximum Gasteiger partial charge on any atom is 0.0837 e. The van der Waals surface area contributed by atoms with Gasteiger partial charge in [0, 0.05) is 34.0 Å². The van der Waals surface area contributed by atoms with E-state index in [0.29, 0.717) is 5.71 Å². The third-order valence-corrected chi connectivity index (χ3v) is 8.36. The Hall–Kier alpha value is -3.07. The van der Waals surface area contributed by atoms with Crippen LogP contribution in [0.4, 0.5) is 0 Å². The van der Waals surface area contributed by atoms with Gasteiger partial charge in [0.25, 0.3) is 0 Å². The van der Waals surface area contributed by atoms with E-state index in [1.165, 1.54) is 44.4 Å². The molecule has 33 heavy (non-hydrogen) atoms. The average molecular weight is 439 g/mol. The van der Waals surface area contributed by atoms with E-state index in [-0.39, 0.29) is 10.8 Å². The number of aromatic nitrogens is 1. The summed E-state index contributed by atoms with van der Waals surface area (Å²) in [5.41, 5.74) is 11.2. The minimum absolute atomic E-state index is 0.0238. The van der Waals surface area contributed by atoms with Crippen molar-refractivity contribution in [2.75, 3.05) is 0 Å². The van der Waals surface area contributed by atoms with Crippen molar-refractivity contribution in [1.82, 2.24) is 4.57 Å². The van der Waals surface area contributed by atoms with Crippen LogP contribution in [-0.4, -0.2) is 15.5 Å². The van der Waals surface area contributed by atoms with Crippen LogP contribution in [0.3, 0.4) is 0 Å². The molecule has 1 heterocycles. The van der Waals surface area contributed by atoms with Gasteiger partial charge in [0.1, 0.15) is 0 Å². The molecule has 2 aromatic carbocycles. The van der Waals surface area contributed by atoms with E-state index >= 15 is 0 Å². The van der Waals surface area contributed by atoms with Crippen LogP contribution in [-0.2, 0) is 17.4 Å². The second-order valence-electron chi connectivity index (χ2n) is 10.0. The van der Waals surface area contributed by atoms with Crippen LogP contribution in [0.25, 0.3) is 23.1 Å². The van der Waals surface area contributed by atoms with Crippen LogP contribution < -0.4 is 0 Å². The molecule has 3 heteroatoms.